The fourth-order valence-corrected chi connectivity index (χ4v) is 1.68. The van der Waals surface area contributed by atoms with E-state index < -0.39 is 5.97 Å². The van der Waals surface area contributed by atoms with E-state index in [1.54, 1.807) is 36.4 Å². The maximum Gasteiger partial charge on any atom is 0.338 e. The number of carbonyl (C=O) groups is 1. The van der Waals surface area contributed by atoms with Crippen LogP contribution in [0.1, 0.15) is 10.4 Å². The molecule has 0 unspecified atom stereocenters. The van der Waals surface area contributed by atoms with E-state index in [0.717, 1.165) is 0 Å². The highest BCUT2D eigenvalue weighted by molar-refractivity contribution is 5.97. The van der Waals surface area contributed by atoms with Crippen molar-refractivity contribution in [2.75, 3.05) is 7.11 Å². The summed E-state index contributed by atoms with van der Waals surface area (Å²) in [7, 11) is 1.32. The number of halogens is 1. The predicted molar refractivity (Wildman–Crippen MR) is 63.2 cm³/mol. The smallest absolute Gasteiger partial charge is 0.338 e. The van der Waals surface area contributed by atoms with Gasteiger partial charge in [-0.3, -0.25) is 0 Å². The maximum absolute atomic E-state index is 13.2. The van der Waals surface area contributed by atoms with E-state index in [1.165, 1.54) is 19.2 Å². The summed E-state index contributed by atoms with van der Waals surface area (Å²) >= 11 is 0. The van der Waals surface area contributed by atoms with Crippen LogP contribution in [0.2, 0.25) is 0 Å². The number of hydrogen-bond donors (Lipinski definition) is 0. The van der Waals surface area contributed by atoms with Crippen LogP contribution < -0.4 is 0 Å². The molecule has 0 spiro atoms. The lowest BCUT2D eigenvalue weighted by molar-refractivity contribution is 0.0601. The van der Waals surface area contributed by atoms with Crippen LogP contribution in [0.3, 0.4) is 0 Å². The van der Waals surface area contributed by atoms with E-state index in [-0.39, 0.29) is 5.82 Å². The van der Waals surface area contributed by atoms with Gasteiger partial charge in [0.2, 0.25) is 0 Å². The van der Waals surface area contributed by atoms with E-state index in [2.05, 4.69) is 0 Å². The second kappa shape index (κ2) is 4.78. The molecule has 0 atom stereocenters. The van der Waals surface area contributed by atoms with Gasteiger partial charge < -0.3 is 4.74 Å². The average molecular weight is 230 g/mol. The van der Waals surface area contributed by atoms with Crippen molar-refractivity contribution in [1.29, 1.82) is 0 Å². The maximum atomic E-state index is 13.2. The van der Waals surface area contributed by atoms with Gasteiger partial charge >= 0.3 is 5.97 Å². The van der Waals surface area contributed by atoms with Gasteiger partial charge in [0.05, 0.1) is 12.7 Å². The fraction of sp³-hybridized carbons (Fsp3) is 0.0714. The summed E-state index contributed by atoms with van der Waals surface area (Å²) in [6.07, 6.45) is 0. The van der Waals surface area contributed by atoms with Gasteiger partial charge in [0, 0.05) is 0 Å². The molecule has 2 rings (SSSR count). The third-order valence-corrected chi connectivity index (χ3v) is 2.47. The molecule has 17 heavy (non-hydrogen) atoms. The topological polar surface area (TPSA) is 26.3 Å². The summed E-state index contributed by atoms with van der Waals surface area (Å²) in [5, 5.41) is 0. The number of esters is 1. The van der Waals surface area contributed by atoms with Gasteiger partial charge in [-0.15, -0.1) is 0 Å². The second-order valence-corrected chi connectivity index (χ2v) is 3.55. The Hall–Kier alpha value is -2.16. The molecule has 0 saturated carbocycles. The molecular weight excluding hydrogens is 219 g/mol. The average Bonchev–Trinajstić information content (AvgIpc) is 2.38. The van der Waals surface area contributed by atoms with Gasteiger partial charge in [-0.25, -0.2) is 9.18 Å². The first-order valence-corrected chi connectivity index (χ1v) is 5.15. The van der Waals surface area contributed by atoms with Gasteiger partial charge in [-0.1, -0.05) is 30.3 Å². The van der Waals surface area contributed by atoms with Crippen LogP contribution in [0.15, 0.2) is 48.5 Å². The highest BCUT2D eigenvalue weighted by Crippen LogP contribution is 2.24. The Kier molecular flexibility index (Phi) is 3.19. The molecule has 0 bridgehead atoms. The zero-order chi connectivity index (χ0) is 12.3. The first kappa shape index (κ1) is 11.3. The first-order valence-electron chi connectivity index (χ1n) is 5.15. The van der Waals surface area contributed by atoms with Crippen LogP contribution in [0.5, 0.6) is 0 Å². The molecule has 0 heterocycles. The summed E-state index contributed by atoms with van der Waals surface area (Å²) in [5.74, 6) is -0.757. The van der Waals surface area contributed by atoms with Gasteiger partial charge in [0.1, 0.15) is 5.82 Å². The standard InChI is InChI=1S/C14H11FO2/c1-17-14(16)13-8-3-2-7-12(13)10-5-4-6-11(15)9-10/h2-9H,1H3. The molecule has 0 aliphatic heterocycles. The minimum absolute atomic E-state index is 0.331. The number of rotatable bonds is 2. The number of hydrogen-bond acceptors (Lipinski definition) is 2. The Morgan fingerprint density at radius 3 is 2.59 bits per heavy atom. The minimum atomic E-state index is -0.426. The van der Waals surface area contributed by atoms with Crippen LogP contribution in [-0.4, -0.2) is 13.1 Å². The van der Waals surface area contributed by atoms with E-state index in [4.69, 9.17) is 4.74 Å². The van der Waals surface area contributed by atoms with Crippen LogP contribution in [0.25, 0.3) is 11.1 Å². The highest BCUT2D eigenvalue weighted by Gasteiger charge is 2.12. The highest BCUT2D eigenvalue weighted by atomic mass is 19.1. The molecule has 2 nitrogen and oxygen atoms in total. The largest absolute Gasteiger partial charge is 0.465 e. The van der Waals surface area contributed by atoms with E-state index >= 15 is 0 Å². The Balaban J connectivity index is 2.55. The van der Waals surface area contributed by atoms with Crippen molar-refractivity contribution in [1.82, 2.24) is 0 Å². The van der Waals surface area contributed by atoms with Gasteiger partial charge in [0.15, 0.2) is 0 Å². The van der Waals surface area contributed by atoms with Crippen molar-refractivity contribution in [3.63, 3.8) is 0 Å². The second-order valence-electron chi connectivity index (χ2n) is 3.55. The predicted octanol–water partition coefficient (Wildman–Crippen LogP) is 3.28. The van der Waals surface area contributed by atoms with Crippen molar-refractivity contribution in [3.05, 3.63) is 59.9 Å². The fourth-order valence-electron chi connectivity index (χ4n) is 1.68. The Morgan fingerprint density at radius 2 is 1.88 bits per heavy atom. The Morgan fingerprint density at radius 1 is 1.12 bits per heavy atom. The summed E-state index contributed by atoms with van der Waals surface area (Å²) in [4.78, 5) is 11.6. The van der Waals surface area contributed by atoms with E-state index in [9.17, 15) is 9.18 Å². The van der Waals surface area contributed by atoms with Crippen LogP contribution in [0.4, 0.5) is 4.39 Å². The molecule has 0 amide bonds. The van der Waals surface area contributed by atoms with E-state index in [1.807, 2.05) is 0 Å². The molecular formula is C14H11FO2. The van der Waals surface area contributed by atoms with E-state index in [0.29, 0.717) is 16.7 Å². The summed E-state index contributed by atoms with van der Waals surface area (Å²) in [6, 6.07) is 13.1. The van der Waals surface area contributed by atoms with Crippen LogP contribution in [0, 0.1) is 5.82 Å². The van der Waals surface area contributed by atoms with Crippen LogP contribution in [-0.2, 0) is 4.74 Å². The third kappa shape index (κ3) is 2.33. The lowest BCUT2D eigenvalue weighted by Crippen LogP contribution is -2.03. The molecule has 3 heteroatoms. The molecule has 86 valence electrons. The van der Waals surface area contributed by atoms with Gasteiger partial charge in [-0.05, 0) is 29.3 Å². The molecule has 0 radical (unpaired) electrons. The molecule has 0 aromatic heterocycles. The SMILES string of the molecule is COC(=O)c1ccccc1-c1cccc(F)c1. The number of carbonyl (C=O) groups excluding carboxylic acids is 1. The zero-order valence-corrected chi connectivity index (χ0v) is 9.31. The molecule has 0 aliphatic rings. The van der Waals surface area contributed by atoms with Gasteiger partial charge in [-0.2, -0.15) is 0 Å². The lowest BCUT2D eigenvalue weighted by atomic mass is 10.00. The number of ether oxygens (including phenoxy) is 1. The normalized spacial score (nSPS) is 10.0. The van der Waals surface area contributed by atoms with Crippen molar-refractivity contribution in [2.45, 2.75) is 0 Å². The van der Waals surface area contributed by atoms with Gasteiger partial charge in [0.25, 0.3) is 0 Å². The molecule has 0 saturated heterocycles. The van der Waals surface area contributed by atoms with Crippen molar-refractivity contribution >= 4 is 5.97 Å². The lowest BCUT2D eigenvalue weighted by Gasteiger charge is -2.07. The minimum Gasteiger partial charge on any atom is -0.465 e. The zero-order valence-electron chi connectivity index (χ0n) is 9.31. The number of methoxy groups -OCH3 is 1. The summed E-state index contributed by atoms with van der Waals surface area (Å²) < 4.78 is 17.8. The Bertz CT molecular complexity index is 549. The first-order chi connectivity index (χ1) is 8.22. The molecule has 2 aromatic carbocycles. The molecule has 0 fully saturated rings. The molecule has 2 aromatic rings. The Labute approximate surface area is 98.7 Å². The quantitative estimate of drug-likeness (QED) is 0.740. The number of benzene rings is 2. The van der Waals surface area contributed by atoms with Crippen molar-refractivity contribution in [3.8, 4) is 11.1 Å². The summed E-state index contributed by atoms with van der Waals surface area (Å²) in [6.45, 7) is 0. The monoisotopic (exact) mass is 230 g/mol. The molecule has 0 N–H and O–H groups in total. The third-order valence-electron chi connectivity index (χ3n) is 2.47. The van der Waals surface area contributed by atoms with Crippen molar-refractivity contribution in [2.24, 2.45) is 0 Å². The summed E-state index contributed by atoms with van der Waals surface area (Å²) in [5.41, 5.74) is 1.76. The molecule has 0 aliphatic carbocycles. The van der Waals surface area contributed by atoms with Crippen molar-refractivity contribution < 1.29 is 13.9 Å². The van der Waals surface area contributed by atoms with Crippen LogP contribution >= 0.6 is 0 Å².